The van der Waals surface area contributed by atoms with Gasteiger partial charge >= 0.3 is 6.18 Å². The molecule has 0 aliphatic carbocycles. The van der Waals surface area contributed by atoms with Crippen LogP contribution in [0.25, 0.3) is 10.2 Å². The normalized spacial score (nSPS) is 21.5. The summed E-state index contributed by atoms with van der Waals surface area (Å²) in [6, 6.07) is 9.77. The van der Waals surface area contributed by atoms with Crippen LogP contribution in [0.3, 0.4) is 0 Å². The Balaban J connectivity index is 1.45. The number of carbonyl (C=O) groups excluding carboxylic acids is 1. The van der Waals surface area contributed by atoms with Crippen molar-refractivity contribution in [3.8, 4) is 0 Å². The molecule has 3 atom stereocenters. The van der Waals surface area contributed by atoms with Crippen LogP contribution in [0.1, 0.15) is 39.0 Å². The average molecular weight is 452 g/mol. The van der Waals surface area contributed by atoms with Gasteiger partial charge in [-0.1, -0.05) is 12.1 Å². The maximum absolute atomic E-state index is 12.8. The number of hydrogen-bond acceptors (Lipinski definition) is 6. The van der Waals surface area contributed by atoms with Crippen molar-refractivity contribution in [1.29, 1.82) is 0 Å². The lowest BCUT2D eigenvalue weighted by atomic mass is 10.1. The summed E-state index contributed by atoms with van der Waals surface area (Å²) in [5.41, 5.74) is 0.489. The SMILES string of the molecule is O=C(NCc1cccc(C(F)(F)F)c1)c1ccc2sc([C@H]3C[C@H](O)[C@@H](CO)O3)nc2c1. The minimum Gasteiger partial charge on any atom is -0.394 e. The van der Waals surface area contributed by atoms with Crippen LogP contribution in [-0.2, 0) is 17.5 Å². The molecule has 0 spiro atoms. The van der Waals surface area contributed by atoms with Gasteiger partial charge in [0.05, 0.1) is 28.5 Å². The first-order chi connectivity index (χ1) is 14.7. The number of thiazole rings is 1. The zero-order valence-electron chi connectivity index (χ0n) is 16.1. The monoisotopic (exact) mass is 452 g/mol. The number of amides is 1. The number of aliphatic hydroxyl groups is 2. The van der Waals surface area contributed by atoms with Crippen molar-refractivity contribution in [3.05, 3.63) is 64.2 Å². The molecule has 1 aromatic heterocycles. The largest absolute Gasteiger partial charge is 0.416 e. The number of ether oxygens (including phenoxy) is 1. The molecule has 0 bridgehead atoms. The fourth-order valence-electron chi connectivity index (χ4n) is 3.42. The number of nitrogens with zero attached hydrogens (tertiary/aromatic N) is 1. The number of benzene rings is 2. The van der Waals surface area contributed by atoms with Gasteiger partial charge in [-0.3, -0.25) is 4.79 Å². The standard InChI is InChI=1S/C21H19F3N2O4S/c22-21(23,24)13-3-1-2-11(6-13)9-25-19(29)12-4-5-18-14(7-12)26-20(31-18)16-8-15(28)17(10-27)30-16/h1-7,15-17,27-28H,8-10H2,(H,25,29)/t15-,16+,17+/m0/s1. The third-order valence-electron chi connectivity index (χ3n) is 5.05. The molecule has 3 N–H and O–H groups in total. The number of nitrogens with one attached hydrogen (secondary N) is 1. The molecule has 0 saturated carbocycles. The second-order valence-electron chi connectivity index (χ2n) is 7.26. The Morgan fingerprint density at radius 1 is 1.26 bits per heavy atom. The van der Waals surface area contributed by atoms with Gasteiger partial charge in [0, 0.05) is 18.5 Å². The first-order valence-electron chi connectivity index (χ1n) is 9.54. The maximum atomic E-state index is 12.8. The fourth-order valence-corrected chi connectivity index (χ4v) is 4.42. The molecule has 2 heterocycles. The van der Waals surface area contributed by atoms with E-state index >= 15 is 0 Å². The molecule has 31 heavy (non-hydrogen) atoms. The highest BCUT2D eigenvalue weighted by molar-refractivity contribution is 7.18. The molecule has 164 valence electrons. The number of halogens is 3. The first kappa shape index (κ1) is 21.7. The van der Waals surface area contributed by atoms with E-state index in [1.165, 1.54) is 23.5 Å². The summed E-state index contributed by atoms with van der Waals surface area (Å²) in [5, 5.41) is 22.4. The smallest absolute Gasteiger partial charge is 0.394 e. The van der Waals surface area contributed by atoms with E-state index in [0.29, 0.717) is 28.1 Å². The molecule has 2 aromatic carbocycles. The van der Waals surface area contributed by atoms with Gasteiger partial charge in [-0.25, -0.2) is 4.98 Å². The van der Waals surface area contributed by atoms with Crippen LogP contribution in [0.15, 0.2) is 42.5 Å². The van der Waals surface area contributed by atoms with Crippen molar-refractivity contribution >= 4 is 27.5 Å². The van der Waals surface area contributed by atoms with Gasteiger partial charge in [0.15, 0.2) is 0 Å². The van der Waals surface area contributed by atoms with Gasteiger partial charge in [0.2, 0.25) is 0 Å². The van der Waals surface area contributed by atoms with Gasteiger partial charge < -0.3 is 20.3 Å². The number of alkyl halides is 3. The highest BCUT2D eigenvalue weighted by Crippen LogP contribution is 2.37. The van der Waals surface area contributed by atoms with Crippen LogP contribution in [0, 0.1) is 0 Å². The summed E-state index contributed by atoms with van der Waals surface area (Å²) in [5.74, 6) is -0.429. The van der Waals surface area contributed by atoms with Gasteiger partial charge in [-0.15, -0.1) is 11.3 Å². The minimum atomic E-state index is -4.44. The van der Waals surface area contributed by atoms with Crippen LogP contribution in [0.4, 0.5) is 13.2 Å². The summed E-state index contributed by atoms with van der Waals surface area (Å²) in [4.78, 5) is 17.0. The van der Waals surface area contributed by atoms with E-state index in [1.807, 2.05) is 0 Å². The van der Waals surface area contributed by atoms with Crippen LogP contribution in [-0.4, -0.2) is 39.9 Å². The van der Waals surface area contributed by atoms with Crippen molar-refractivity contribution in [3.63, 3.8) is 0 Å². The highest BCUT2D eigenvalue weighted by Gasteiger charge is 2.36. The van der Waals surface area contributed by atoms with Crippen LogP contribution in [0.2, 0.25) is 0 Å². The lowest BCUT2D eigenvalue weighted by Gasteiger charge is -2.10. The maximum Gasteiger partial charge on any atom is 0.416 e. The van der Waals surface area contributed by atoms with Gasteiger partial charge in [0.25, 0.3) is 5.91 Å². The molecule has 6 nitrogen and oxygen atoms in total. The predicted molar refractivity (Wildman–Crippen MR) is 108 cm³/mol. The molecule has 0 radical (unpaired) electrons. The third-order valence-corrected chi connectivity index (χ3v) is 6.18. The van der Waals surface area contributed by atoms with Crippen molar-refractivity contribution in [2.75, 3.05) is 6.61 Å². The lowest BCUT2D eigenvalue weighted by Crippen LogP contribution is -2.24. The first-order valence-corrected chi connectivity index (χ1v) is 10.4. The van der Waals surface area contributed by atoms with Crippen LogP contribution >= 0.6 is 11.3 Å². The van der Waals surface area contributed by atoms with E-state index in [0.717, 1.165) is 16.8 Å². The summed E-state index contributed by atoms with van der Waals surface area (Å²) >= 11 is 1.38. The molecule has 4 rings (SSSR count). The molecule has 1 fully saturated rings. The van der Waals surface area contributed by atoms with Gasteiger partial charge in [0.1, 0.15) is 17.2 Å². The molecule has 1 saturated heterocycles. The Morgan fingerprint density at radius 2 is 2.06 bits per heavy atom. The van der Waals surface area contributed by atoms with Crippen LogP contribution in [0.5, 0.6) is 0 Å². The Labute approximate surface area is 179 Å². The summed E-state index contributed by atoms with van der Waals surface area (Å²) in [7, 11) is 0. The quantitative estimate of drug-likeness (QED) is 0.552. The van der Waals surface area contributed by atoms with E-state index in [9.17, 15) is 28.2 Å². The zero-order valence-corrected chi connectivity index (χ0v) is 16.9. The number of rotatable bonds is 5. The molecule has 10 heteroatoms. The van der Waals surface area contributed by atoms with E-state index in [2.05, 4.69) is 10.3 Å². The van der Waals surface area contributed by atoms with E-state index < -0.39 is 36.0 Å². The molecular weight excluding hydrogens is 433 g/mol. The number of fused-ring (bicyclic) bond motifs is 1. The fraction of sp³-hybridized carbons (Fsp3) is 0.333. The molecule has 1 amide bonds. The number of carbonyl (C=O) groups is 1. The van der Waals surface area contributed by atoms with Crippen molar-refractivity contribution < 1.29 is 32.9 Å². The Morgan fingerprint density at radius 3 is 2.77 bits per heavy atom. The lowest BCUT2D eigenvalue weighted by molar-refractivity contribution is -0.137. The second kappa shape index (κ2) is 8.54. The number of hydrogen-bond donors (Lipinski definition) is 3. The molecule has 1 aliphatic rings. The predicted octanol–water partition coefficient (Wildman–Crippen LogP) is 3.43. The number of aliphatic hydroxyl groups excluding tert-OH is 2. The highest BCUT2D eigenvalue weighted by atomic mass is 32.1. The second-order valence-corrected chi connectivity index (χ2v) is 8.33. The van der Waals surface area contributed by atoms with Crippen molar-refractivity contribution in [2.45, 2.75) is 37.5 Å². The molecule has 0 unspecified atom stereocenters. The molecular formula is C21H19F3N2O4S. The average Bonchev–Trinajstić information content (AvgIpc) is 3.34. The minimum absolute atomic E-state index is 0.0422. The summed E-state index contributed by atoms with van der Waals surface area (Å²) in [6.45, 7) is -0.321. The van der Waals surface area contributed by atoms with E-state index in [-0.39, 0.29) is 13.2 Å². The Hall–Kier alpha value is -2.53. The summed E-state index contributed by atoms with van der Waals surface area (Å²) in [6.07, 6.45) is -5.95. The van der Waals surface area contributed by atoms with Gasteiger partial charge in [-0.2, -0.15) is 13.2 Å². The number of aromatic nitrogens is 1. The van der Waals surface area contributed by atoms with E-state index in [1.54, 1.807) is 18.2 Å². The van der Waals surface area contributed by atoms with Crippen LogP contribution < -0.4 is 5.32 Å². The third kappa shape index (κ3) is 4.72. The molecule has 1 aliphatic heterocycles. The van der Waals surface area contributed by atoms with Crippen molar-refractivity contribution in [2.24, 2.45) is 0 Å². The Kier molecular flexibility index (Phi) is 5.98. The van der Waals surface area contributed by atoms with E-state index in [4.69, 9.17) is 4.74 Å². The summed E-state index contributed by atoms with van der Waals surface area (Å²) < 4.78 is 44.9. The zero-order chi connectivity index (χ0) is 22.2. The Bertz CT molecular complexity index is 1100. The van der Waals surface area contributed by atoms with Gasteiger partial charge in [-0.05, 0) is 35.9 Å². The van der Waals surface area contributed by atoms with Crippen molar-refractivity contribution in [1.82, 2.24) is 10.3 Å². The molecule has 3 aromatic rings. The topological polar surface area (TPSA) is 91.7 Å².